The number of primary amides is 1. The number of benzene rings is 2. The van der Waals surface area contributed by atoms with Gasteiger partial charge in [-0.15, -0.1) is 11.8 Å². The highest BCUT2D eigenvalue weighted by atomic mass is 35.5. The van der Waals surface area contributed by atoms with Crippen LogP contribution in [0.3, 0.4) is 0 Å². The largest absolute Gasteiger partial charge is 0.369 e. The number of hydrogen-bond acceptors (Lipinski definition) is 5. The van der Waals surface area contributed by atoms with E-state index in [1.807, 2.05) is 18.2 Å². The Labute approximate surface area is 157 Å². The van der Waals surface area contributed by atoms with E-state index in [1.165, 1.54) is 6.07 Å². The fraction of sp³-hybridized carbons (Fsp3) is 0.167. The van der Waals surface area contributed by atoms with Crippen LogP contribution in [0.4, 0.5) is 4.39 Å². The Morgan fingerprint density at radius 3 is 2.88 bits per heavy atom. The highest BCUT2D eigenvalue weighted by Crippen LogP contribution is 2.43. The van der Waals surface area contributed by atoms with Gasteiger partial charge in [0.2, 0.25) is 17.6 Å². The van der Waals surface area contributed by atoms with Gasteiger partial charge in [0.25, 0.3) is 0 Å². The lowest BCUT2D eigenvalue weighted by Gasteiger charge is -2.11. The van der Waals surface area contributed by atoms with Crippen molar-refractivity contribution in [3.05, 3.63) is 52.6 Å². The number of amides is 1. The first kappa shape index (κ1) is 17.1. The predicted octanol–water partition coefficient (Wildman–Crippen LogP) is 4.18. The van der Waals surface area contributed by atoms with Gasteiger partial charge < -0.3 is 10.3 Å². The lowest BCUT2D eigenvalue weighted by atomic mass is 9.94. The molecular formula is C18H13ClFN3O2S. The standard InChI is InChI=1S/C18H13ClFN3O2S/c1-8-22-18(23-25-8)16-12(5-10(19)6-14(16)20)9-2-3-11-13(17(21)24)7-26-15(11)4-9/h2-6,13H,7H2,1H3,(H2,21,24). The Kier molecular flexibility index (Phi) is 4.20. The average Bonchev–Trinajstić information content (AvgIpc) is 3.19. The number of halogens is 2. The van der Waals surface area contributed by atoms with Gasteiger partial charge >= 0.3 is 0 Å². The second-order valence-corrected chi connectivity index (χ2v) is 7.46. The summed E-state index contributed by atoms with van der Waals surface area (Å²) in [6, 6.07) is 8.47. The molecule has 0 saturated heterocycles. The van der Waals surface area contributed by atoms with Gasteiger partial charge in [-0.1, -0.05) is 28.9 Å². The van der Waals surface area contributed by atoms with Crippen LogP contribution in [0.1, 0.15) is 17.4 Å². The van der Waals surface area contributed by atoms with Crippen LogP contribution in [-0.4, -0.2) is 21.8 Å². The molecule has 0 aliphatic carbocycles. The van der Waals surface area contributed by atoms with Gasteiger partial charge in [-0.2, -0.15) is 4.98 Å². The minimum absolute atomic E-state index is 0.162. The third-order valence-corrected chi connectivity index (χ3v) is 5.64. The molecule has 1 atom stereocenters. The van der Waals surface area contributed by atoms with Crippen molar-refractivity contribution in [2.75, 3.05) is 5.75 Å². The number of nitrogens with zero attached hydrogens (tertiary/aromatic N) is 2. The summed E-state index contributed by atoms with van der Waals surface area (Å²) in [4.78, 5) is 16.6. The summed E-state index contributed by atoms with van der Waals surface area (Å²) in [6.45, 7) is 1.64. The number of carbonyl (C=O) groups excluding carboxylic acids is 1. The van der Waals surface area contributed by atoms with Crippen molar-refractivity contribution in [3.8, 4) is 22.5 Å². The number of aromatic nitrogens is 2. The minimum atomic E-state index is -0.531. The van der Waals surface area contributed by atoms with Crippen LogP contribution >= 0.6 is 23.4 Å². The van der Waals surface area contributed by atoms with Crippen LogP contribution in [-0.2, 0) is 4.79 Å². The lowest BCUT2D eigenvalue weighted by molar-refractivity contribution is -0.118. The Balaban J connectivity index is 1.88. The summed E-state index contributed by atoms with van der Waals surface area (Å²) in [6.07, 6.45) is 0. The van der Waals surface area contributed by atoms with Crippen LogP contribution in [0.15, 0.2) is 39.8 Å². The number of thioether (sulfide) groups is 1. The summed E-state index contributed by atoms with van der Waals surface area (Å²) in [5.41, 5.74) is 7.88. The number of carbonyl (C=O) groups is 1. The molecule has 0 bridgehead atoms. The van der Waals surface area contributed by atoms with Crippen LogP contribution in [0, 0.1) is 12.7 Å². The summed E-state index contributed by atoms with van der Waals surface area (Å²) in [5, 5.41) is 4.10. The van der Waals surface area contributed by atoms with Crippen molar-refractivity contribution >= 4 is 29.3 Å². The Morgan fingerprint density at radius 1 is 1.38 bits per heavy atom. The fourth-order valence-electron chi connectivity index (χ4n) is 3.04. The molecule has 1 unspecified atom stereocenters. The molecule has 0 radical (unpaired) electrons. The summed E-state index contributed by atoms with van der Waals surface area (Å²) >= 11 is 7.63. The van der Waals surface area contributed by atoms with Gasteiger partial charge in [0.1, 0.15) is 5.82 Å². The van der Waals surface area contributed by atoms with E-state index in [1.54, 1.807) is 24.8 Å². The third kappa shape index (κ3) is 2.87. The van der Waals surface area contributed by atoms with E-state index in [4.69, 9.17) is 21.9 Å². The van der Waals surface area contributed by atoms with Crippen LogP contribution < -0.4 is 5.73 Å². The summed E-state index contributed by atoms with van der Waals surface area (Å²) in [5.74, 6) is -0.0739. The number of rotatable bonds is 3. The van der Waals surface area contributed by atoms with Crippen molar-refractivity contribution in [1.29, 1.82) is 0 Å². The van der Waals surface area contributed by atoms with E-state index in [2.05, 4.69) is 10.1 Å². The van der Waals surface area contributed by atoms with Gasteiger partial charge in [-0.3, -0.25) is 4.79 Å². The molecule has 1 amide bonds. The van der Waals surface area contributed by atoms with Crippen molar-refractivity contribution in [1.82, 2.24) is 10.1 Å². The van der Waals surface area contributed by atoms with Gasteiger partial charge in [0.05, 0.1) is 11.5 Å². The zero-order valence-corrected chi connectivity index (χ0v) is 15.2. The molecule has 26 heavy (non-hydrogen) atoms. The normalized spacial score (nSPS) is 15.9. The van der Waals surface area contributed by atoms with Crippen LogP contribution in [0.2, 0.25) is 5.02 Å². The van der Waals surface area contributed by atoms with Crippen molar-refractivity contribution in [2.24, 2.45) is 5.73 Å². The van der Waals surface area contributed by atoms with E-state index in [-0.39, 0.29) is 28.2 Å². The van der Waals surface area contributed by atoms with E-state index >= 15 is 0 Å². The number of hydrogen-bond donors (Lipinski definition) is 1. The van der Waals surface area contributed by atoms with Crippen LogP contribution in [0.25, 0.3) is 22.5 Å². The maximum Gasteiger partial charge on any atom is 0.225 e. The first-order valence-corrected chi connectivity index (χ1v) is 9.16. The summed E-state index contributed by atoms with van der Waals surface area (Å²) in [7, 11) is 0. The Hall–Kier alpha value is -2.38. The Bertz CT molecular complexity index is 1040. The molecule has 1 aromatic heterocycles. The number of nitrogens with two attached hydrogens (primary N) is 1. The highest BCUT2D eigenvalue weighted by Gasteiger charge is 2.28. The average molecular weight is 390 g/mol. The second kappa shape index (κ2) is 6.41. The zero-order valence-electron chi connectivity index (χ0n) is 13.6. The first-order chi connectivity index (χ1) is 12.4. The Morgan fingerprint density at radius 2 is 2.19 bits per heavy atom. The molecule has 3 aromatic rings. The number of aryl methyl sites for hydroxylation is 1. The zero-order chi connectivity index (χ0) is 18.4. The van der Waals surface area contributed by atoms with E-state index in [9.17, 15) is 9.18 Å². The number of fused-ring (bicyclic) bond motifs is 1. The molecule has 2 heterocycles. The topological polar surface area (TPSA) is 82.0 Å². The molecular weight excluding hydrogens is 377 g/mol. The molecule has 132 valence electrons. The molecule has 4 rings (SSSR count). The van der Waals surface area contributed by atoms with E-state index in [0.717, 1.165) is 16.0 Å². The molecule has 5 nitrogen and oxygen atoms in total. The van der Waals surface area contributed by atoms with Gasteiger partial charge in [0.15, 0.2) is 0 Å². The third-order valence-electron chi connectivity index (χ3n) is 4.26. The fourth-order valence-corrected chi connectivity index (χ4v) is 4.52. The molecule has 0 spiro atoms. The molecule has 1 aliphatic rings. The van der Waals surface area contributed by atoms with Crippen LogP contribution in [0.5, 0.6) is 0 Å². The lowest BCUT2D eigenvalue weighted by Crippen LogP contribution is -2.20. The molecule has 2 N–H and O–H groups in total. The van der Waals surface area contributed by atoms with E-state index in [0.29, 0.717) is 17.2 Å². The van der Waals surface area contributed by atoms with Gasteiger partial charge in [0, 0.05) is 22.6 Å². The maximum absolute atomic E-state index is 14.7. The first-order valence-electron chi connectivity index (χ1n) is 7.80. The van der Waals surface area contributed by atoms with Crippen molar-refractivity contribution in [2.45, 2.75) is 17.7 Å². The van der Waals surface area contributed by atoms with Gasteiger partial charge in [-0.25, -0.2) is 4.39 Å². The minimum Gasteiger partial charge on any atom is -0.369 e. The molecule has 2 aromatic carbocycles. The molecule has 1 aliphatic heterocycles. The predicted molar refractivity (Wildman–Crippen MR) is 97.5 cm³/mol. The smallest absolute Gasteiger partial charge is 0.225 e. The molecule has 0 fully saturated rings. The molecule has 8 heteroatoms. The van der Waals surface area contributed by atoms with Crippen molar-refractivity contribution < 1.29 is 13.7 Å². The SMILES string of the molecule is Cc1nc(-c2c(F)cc(Cl)cc2-c2ccc3c(c2)SCC3C(N)=O)no1. The quantitative estimate of drug-likeness (QED) is 0.726. The summed E-state index contributed by atoms with van der Waals surface area (Å²) < 4.78 is 19.7. The second-order valence-electron chi connectivity index (χ2n) is 5.97. The monoisotopic (exact) mass is 389 g/mol. The van der Waals surface area contributed by atoms with Crippen molar-refractivity contribution in [3.63, 3.8) is 0 Å². The van der Waals surface area contributed by atoms with Gasteiger partial charge in [-0.05, 0) is 34.9 Å². The molecule has 0 saturated carbocycles. The highest BCUT2D eigenvalue weighted by molar-refractivity contribution is 7.99. The van der Waals surface area contributed by atoms with E-state index < -0.39 is 5.82 Å². The maximum atomic E-state index is 14.7.